The number of halogens is 3. The van der Waals surface area contributed by atoms with Crippen LogP contribution in [0.5, 0.6) is 17.2 Å². The first-order valence-corrected chi connectivity index (χ1v) is 10.8. The summed E-state index contributed by atoms with van der Waals surface area (Å²) in [5.41, 5.74) is 11.7. The van der Waals surface area contributed by atoms with Crippen molar-refractivity contribution in [2.75, 3.05) is 18.5 Å². The van der Waals surface area contributed by atoms with Gasteiger partial charge in [0.2, 0.25) is 0 Å². The molecular formula is C25H25F3N4O5. The zero-order valence-electron chi connectivity index (χ0n) is 19.4. The quantitative estimate of drug-likeness (QED) is 0.186. The molecule has 0 spiro atoms. The molecule has 0 aliphatic heterocycles. The maximum Gasteiger partial charge on any atom is 0.490 e. The van der Waals surface area contributed by atoms with Crippen LogP contribution in [0.4, 0.5) is 18.9 Å². The second kappa shape index (κ2) is 14.0. The van der Waals surface area contributed by atoms with Crippen molar-refractivity contribution in [1.29, 1.82) is 0 Å². The lowest BCUT2D eigenvalue weighted by molar-refractivity contribution is -0.192. The van der Waals surface area contributed by atoms with Crippen molar-refractivity contribution in [2.24, 2.45) is 16.5 Å². The molecule has 3 aromatic carbocycles. The minimum absolute atomic E-state index is 0.0705. The van der Waals surface area contributed by atoms with Crippen molar-refractivity contribution >= 4 is 23.5 Å². The van der Waals surface area contributed by atoms with Gasteiger partial charge in [-0.1, -0.05) is 30.3 Å². The van der Waals surface area contributed by atoms with Crippen LogP contribution in [0, 0.1) is 0 Å². The van der Waals surface area contributed by atoms with Crippen LogP contribution >= 0.6 is 0 Å². The number of hydrogen-bond acceptors (Lipinski definition) is 5. The van der Waals surface area contributed by atoms with E-state index in [1.807, 2.05) is 48.5 Å². The molecule has 0 aromatic heterocycles. The van der Waals surface area contributed by atoms with Gasteiger partial charge in [-0.2, -0.15) is 13.2 Å². The summed E-state index contributed by atoms with van der Waals surface area (Å²) in [7, 11) is 0. The summed E-state index contributed by atoms with van der Waals surface area (Å²) in [6.45, 7) is 0.986. The van der Waals surface area contributed by atoms with Crippen LogP contribution in [0.3, 0.4) is 0 Å². The van der Waals surface area contributed by atoms with Gasteiger partial charge in [0, 0.05) is 18.5 Å². The number of anilines is 1. The van der Waals surface area contributed by atoms with E-state index in [9.17, 15) is 18.0 Å². The smallest absolute Gasteiger partial charge is 0.490 e. The number of aliphatic carboxylic acids is 1. The topological polar surface area (TPSA) is 149 Å². The number of aliphatic imine (C=N–C) groups is 1. The molecule has 0 aliphatic carbocycles. The molecule has 0 heterocycles. The van der Waals surface area contributed by atoms with Crippen LogP contribution in [0.2, 0.25) is 0 Å². The van der Waals surface area contributed by atoms with E-state index in [2.05, 4.69) is 10.3 Å². The molecule has 3 rings (SSSR count). The minimum atomic E-state index is -5.08. The van der Waals surface area contributed by atoms with Crippen LogP contribution in [-0.2, 0) is 4.79 Å². The highest BCUT2D eigenvalue weighted by molar-refractivity contribution is 6.05. The van der Waals surface area contributed by atoms with Crippen LogP contribution in [0.15, 0.2) is 83.9 Å². The maximum atomic E-state index is 12.6. The Kier molecular flexibility index (Phi) is 10.8. The monoisotopic (exact) mass is 518 g/mol. The third-order valence-electron chi connectivity index (χ3n) is 4.33. The van der Waals surface area contributed by atoms with Crippen molar-refractivity contribution in [3.8, 4) is 17.2 Å². The number of benzene rings is 3. The number of para-hydroxylation sites is 3. The normalized spacial score (nSPS) is 10.4. The highest BCUT2D eigenvalue weighted by Crippen LogP contribution is 2.29. The maximum absolute atomic E-state index is 12.6. The Hall–Kier alpha value is -4.74. The van der Waals surface area contributed by atoms with Gasteiger partial charge in [0.05, 0.1) is 12.3 Å². The Morgan fingerprint density at radius 1 is 0.892 bits per heavy atom. The second-order valence-corrected chi connectivity index (χ2v) is 7.20. The number of rotatable bonds is 9. The predicted octanol–water partition coefficient (Wildman–Crippen LogP) is 4.41. The van der Waals surface area contributed by atoms with Crippen molar-refractivity contribution < 1.29 is 37.3 Å². The molecule has 37 heavy (non-hydrogen) atoms. The molecule has 0 bridgehead atoms. The van der Waals surface area contributed by atoms with Gasteiger partial charge in [0.15, 0.2) is 11.7 Å². The van der Waals surface area contributed by atoms with Gasteiger partial charge in [0.25, 0.3) is 5.91 Å². The summed E-state index contributed by atoms with van der Waals surface area (Å²) >= 11 is 0. The van der Waals surface area contributed by atoms with Crippen LogP contribution < -0.4 is 26.3 Å². The number of ether oxygens (including phenoxy) is 2. The first kappa shape index (κ1) is 28.5. The fourth-order valence-electron chi connectivity index (χ4n) is 2.63. The third kappa shape index (κ3) is 10.6. The summed E-state index contributed by atoms with van der Waals surface area (Å²) in [6.07, 6.45) is -4.39. The van der Waals surface area contributed by atoms with Crippen LogP contribution in [0.1, 0.15) is 16.8 Å². The zero-order valence-corrected chi connectivity index (χ0v) is 19.4. The van der Waals surface area contributed by atoms with E-state index in [4.69, 9.17) is 30.8 Å². The molecule has 0 fully saturated rings. The second-order valence-electron chi connectivity index (χ2n) is 7.20. The lowest BCUT2D eigenvalue weighted by atomic mass is 10.2. The van der Waals surface area contributed by atoms with Gasteiger partial charge in [0.1, 0.15) is 11.5 Å². The van der Waals surface area contributed by atoms with Gasteiger partial charge in [-0.25, -0.2) is 4.79 Å². The molecule has 0 atom stereocenters. The first-order chi connectivity index (χ1) is 17.6. The minimum Gasteiger partial charge on any atom is -0.494 e. The van der Waals surface area contributed by atoms with Gasteiger partial charge < -0.3 is 31.4 Å². The van der Waals surface area contributed by atoms with E-state index >= 15 is 0 Å². The standard InChI is InChI=1S/C23H24N4O3.C2HF3O2/c24-23(25)26-15-6-16-29-18-13-11-17(12-14-18)22(28)27-20-9-4-5-10-21(20)30-19-7-2-1-3-8-19;3-2(4,5)1(6)7/h1-5,7-14H,6,15-16H2,(H,27,28)(H4,24,25,26);(H,6,7). The number of carboxylic acid groups (broad SMARTS) is 1. The van der Waals surface area contributed by atoms with Gasteiger partial charge in [-0.3, -0.25) is 9.79 Å². The number of nitrogens with zero attached hydrogens (tertiary/aromatic N) is 1. The number of nitrogens with two attached hydrogens (primary N) is 2. The highest BCUT2D eigenvalue weighted by Gasteiger charge is 2.38. The Bertz CT molecular complexity index is 1180. The van der Waals surface area contributed by atoms with Gasteiger partial charge in [-0.15, -0.1) is 0 Å². The van der Waals surface area contributed by atoms with Crippen molar-refractivity contribution in [3.63, 3.8) is 0 Å². The van der Waals surface area contributed by atoms with E-state index in [0.717, 1.165) is 0 Å². The number of hydrogen-bond donors (Lipinski definition) is 4. The molecule has 0 unspecified atom stereocenters. The molecule has 0 aliphatic rings. The lowest BCUT2D eigenvalue weighted by Crippen LogP contribution is -2.23. The van der Waals surface area contributed by atoms with E-state index in [1.165, 1.54) is 0 Å². The van der Waals surface area contributed by atoms with Gasteiger partial charge >= 0.3 is 12.1 Å². The Morgan fingerprint density at radius 2 is 1.49 bits per heavy atom. The molecule has 1 amide bonds. The molecule has 0 saturated carbocycles. The number of carboxylic acids is 1. The molecule has 6 N–H and O–H groups in total. The number of guanidine groups is 1. The van der Waals surface area contributed by atoms with Crippen molar-refractivity contribution in [2.45, 2.75) is 12.6 Å². The number of carbonyl (C=O) groups excluding carboxylic acids is 1. The van der Waals surface area contributed by atoms with Crippen LogP contribution in [0.25, 0.3) is 0 Å². The molecule has 196 valence electrons. The van der Waals surface area contributed by atoms with E-state index < -0.39 is 12.1 Å². The lowest BCUT2D eigenvalue weighted by Gasteiger charge is -2.12. The summed E-state index contributed by atoms with van der Waals surface area (Å²) < 4.78 is 43.2. The number of carbonyl (C=O) groups is 2. The predicted molar refractivity (Wildman–Crippen MR) is 132 cm³/mol. The molecule has 0 radical (unpaired) electrons. The largest absolute Gasteiger partial charge is 0.494 e. The van der Waals surface area contributed by atoms with Crippen LogP contribution in [-0.4, -0.2) is 42.3 Å². The van der Waals surface area contributed by atoms with Crippen molar-refractivity contribution in [3.05, 3.63) is 84.4 Å². The molecule has 12 heteroatoms. The first-order valence-electron chi connectivity index (χ1n) is 10.8. The zero-order chi connectivity index (χ0) is 27.3. The highest BCUT2D eigenvalue weighted by atomic mass is 19.4. The fourth-order valence-corrected chi connectivity index (χ4v) is 2.63. The SMILES string of the molecule is NC(N)=NCCCOc1ccc(C(=O)Nc2ccccc2Oc2ccccc2)cc1.O=C(O)C(F)(F)F. The summed E-state index contributed by atoms with van der Waals surface area (Å²) in [5.74, 6) is -0.991. The third-order valence-corrected chi connectivity index (χ3v) is 4.33. The number of alkyl halides is 3. The summed E-state index contributed by atoms with van der Waals surface area (Å²) in [4.78, 5) is 25.4. The average molecular weight is 518 g/mol. The van der Waals surface area contributed by atoms with E-state index in [0.29, 0.717) is 48.1 Å². The summed E-state index contributed by atoms with van der Waals surface area (Å²) in [5, 5.41) is 10.0. The van der Waals surface area contributed by atoms with Gasteiger partial charge in [-0.05, 0) is 48.5 Å². The molecule has 0 saturated heterocycles. The average Bonchev–Trinajstić information content (AvgIpc) is 2.85. The molecular weight excluding hydrogens is 493 g/mol. The molecule has 9 nitrogen and oxygen atoms in total. The Labute approximate surface area is 210 Å². The fraction of sp³-hybridized carbons (Fsp3) is 0.160. The van der Waals surface area contributed by atoms with E-state index in [-0.39, 0.29) is 11.9 Å². The Morgan fingerprint density at radius 3 is 2.08 bits per heavy atom. The summed E-state index contributed by atoms with van der Waals surface area (Å²) in [6, 6.07) is 23.6. The Balaban J connectivity index is 0.000000604. The number of nitrogens with one attached hydrogen (secondary N) is 1. The van der Waals surface area contributed by atoms with E-state index in [1.54, 1.807) is 30.3 Å². The molecule has 3 aromatic rings. The van der Waals surface area contributed by atoms with Crippen molar-refractivity contribution in [1.82, 2.24) is 0 Å². The number of amides is 1.